The quantitative estimate of drug-likeness (QED) is 0.753. The number of rotatable bonds is 4. The van der Waals surface area contributed by atoms with Crippen LogP contribution in [0.3, 0.4) is 0 Å². The summed E-state index contributed by atoms with van der Waals surface area (Å²) < 4.78 is 0. The first-order valence-corrected chi connectivity index (χ1v) is 5.19. The molecule has 0 unspecified atom stereocenters. The highest BCUT2D eigenvalue weighted by Gasteiger charge is 2.04. The highest BCUT2D eigenvalue weighted by atomic mass is 32.1. The van der Waals surface area contributed by atoms with E-state index in [1.807, 2.05) is 12.1 Å². The average Bonchev–Trinajstić information content (AvgIpc) is 2.48. The second-order valence-corrected chi connectivity index (χ2v) is 4.38. The number of aliphatic hydroxyl groups is 1. The van der Waals surface area contributed by atoms with E-state index in [4.69, 9.17) is 5.11 Å². The number of thiophene rings is 1. The molecule has 72 valence electrons. The average molecular weight is 198 g/mol. The molecule has 13 heavy (non-hydrogen) atoms. The van der Waals surface area contributed by atoms with Crippen LogP contribution in [0.2, 0.25) is 0 Å². The third kappa shape index (κ3) is 3.28. The van der Waals surface area contributed by atoms with E-state index in [0.717, 1.165) is 17.7 Å². The Morgan fingerprint density at radius 2 is 2.31 bits per heavy atom. The lowest BCUT2D eigenvalue weighted by Gasteiger charge is -2.00. The van der Waals surface area contributed by atoms with Crippen LogP contribution in [0.4, 0.5) is 0 Å². The van der Waals surface area contributed by atoms with E-state index < -0.39 is 0 Å². The van der Waals surface area contributed by atoms with Gasteiger partial charge < -0.3 is 5.11 Å². The molecule has 1 N–H and O–H groups in total. The van der Waals surface area contributed by atoms with Gasteiger partial charge in [0.05, 0.1) is 11.0 Å². The molecule has 1 rings (SSSR count). The van der Waals surface area contributed by atoms with Crippen molar-refractivity contribution in [3.63, 3.8) is 0 Å². The van der Waals surface area contributed by atoms with E-state index >= 15 is 0 Å². The van der Waals surface area contributed by atoms with Gasteiger partial charge >= 0.3 is 0 Å². The summed E-state index contributed by atoms with van der Waals surface area (Å²) >= 11 is 1.52. The maximum absolute atomic E-state index is 11.0. The summed E-state index contributed by atoms with van der Waals surface area (Å²) in [7, 11) is 0. The molecule has 0 aromatic carbocycles. The Bertz CT molecular complexity index is 289. The predicted octanol–water partition coefficient (Wildman–Crippen LogP) is 2.26. The van der Waals surface area contributed by atoms with Crippen molar-refractivity contribution >= 4 is 17.1 Å². The Kier molecular flexibility index (Phi) is 3.63. The number of hydrogen-bond acceptors (Lipinski definition) is 3. The molecule has 0 radical (unpaired) electrons. The summed E-state index contributed by atoms with van der Waals surface area (Å²) in [6, 6.07) is 3.81. The lowest BCUT2D eigenvalue weighted by atomic mass is 10.2. The van der Waals surface area contributed by atoms with Crippen LogP contribution < -0.4 is 0 Å². The first kappa shape index (κ1) is 10.4. The van der Waals surface area contributed by atoms with E-state index in [-0.39, 0.29) is 11.9 Å². The Hall–Kier alpha value is -0.670. The highest BCUT2D eigenvalue weighted by Crippen LogP contribution is 2.18. The van der Waals surface area contributed by atoms with Crippen LogP contribution in [-0.2, 0) is 6.42 Å². The molecule has 1 atom stereocenters. The zero-order valence-electron chi connectivity index (χ0n) is 7.91. The summed E-state index contributed by atoms with van der Waals surface area (Å²) in [5.41, 5.74) is 0. The summed E-state index contributed by atoms with van der Waals surface area (Å²) in [4.78, 5) is 12.9. The van der Waals surface area contributed by atoms with Crippen molar-refractivity contribution in [3.8, 4) is 0 Å². The zero-order chi connectivity index (χ0) is 9.84. The monoisotopic (exact) mass is 198 g/mol. The van der Waals surface area contributed by atoms with Gasteiger partial charge in [-0.25, -0.2) is 0 Å². The molecule has 0 fully saturated rings. The van der Waals surface area contributed by atoms with E-state index in [2.05, 4.69) is 0 Å². The number of Topliss-reactive ketones (excluding diaryl/α,β-unsaturated/α-hetero) is 1. The van der Waals surface area contributed by atoms with Crippen molar-refractivity contribution in [2.24, 2.45) is 0 Å². The van der Waals surface area contributed by atoms with Gasteiger partial charge in [0.1, 0.15) is 0 Å². The Morgan fingerprint density at radius 1 is 1.62 bits per heavy atom. The van der Waals surface area contributed by atoms with Gasteiger partial charge in [-0.05, 0) is 38.8 Å². The number of carbonyl (C=O) groups excluding carboxylic acids is 1. The van der Waals surface area contributed by atoms with Crippen LogP contribution in [-0.4, -0.2) is 17.0 Å². The smallest absolute Gasteiger partial charge is 0.169 e. The summed E-state index contributed by atoms with van der Waals surface area (Å²) in [6.07, 6.45) is 1.36. The standard InChI is InChI=1S/C10H14O2S/c1-7(11)3-4-9-5-6-10(13-9)8(2)12/h5-7,11H,3-4H2,1-2H3/t7-/m1/s1. The van der Waals surface area contributed by atoms with E-state index in [9.17, 15) is 4.79 Å². The number of hydrogen-bond donors (Lipinski definition) is 1. The van der Waals surface area contributed by atoms with Crippen LogP contribution in [0.1, 0.15) is 34.8 Å². The summed E-state index contributed by atoms with van der Waals surface area (Å²) in [5, 5.41) is 9.07. The second kappa shape index (κ2) is 4.53. The Labute approximate surface area is 82.2 Å². The molecule has 0 saturated carbocycles. The van der Waals surface area contributed by atoms with Gasteiger partial charge in [-0.15, -0.1) is 11.3 Å². The first-order chi connectivity index (χ1) is 6.09. The first-order valence-electron chi connectivity index (χ1n) is 4.37. The fourth-order valence-electron chi connectivity index (χ4n) is 1.05. The molecule has 2 nitrogen and oxygen atoms in total. The van der Waals surface area contributed by atoms with Crippen LogP contribution in [0, 0.1) is 0 Å². The van der Waals surface area contributed by atoms with Gasteiger partial charge in [0, 0.05) is 4.88 Å². The van der Waals surface area contributed by atoms with Gasteiger partial charge in [0.15, 0.2) is 5.78 Å². The molecule has 0 aliphatic carbocycles. The van der Waals surface area contributed by atoms with E-state index in [0.29, 0.717) is 0 Å². The number of aliphatic hydroxyl groups excluding tert-OH is 1. The minimum Gasteiger partial charge on any atom is -0.393 e. The van der Waals surface area contributed by atoms with Crippen LogP contribution in [0.25, 0.3) is 0 Å². The van der Waals surface area contributed by atoms with Gasteiger partial charge in [-0.2, -0.15) is 0 Å². The van der Waals surface area contributed by atoms with Crippen LogP contribution in [0.15, 0.2) is 12.1 Å². The van der Waals surface area contributed by atoms with E-state index in [1.165, 1.54) is 16.2 Å². The molecule has 0 aliphatic rings. The molecule has 1 aromatic heterocycles. The SMILES string of the molecule is CC(=O)c1ccc(CC[C@@H](C)O)s1. The normalized spacial score (nSPS) is 12.8. The largest absolute Gasteiger partial charge is 0.393 e. The summed E-state index contributed by atoms with van der Waals surface area (Å²) in [5.74, 6) is 0.119. The maximum atomic E-state index is 11.0. The predicted molar refractivity (Wildman–Crippen MR) is 54.3 cm³/mol. The second-order valence-electron chi connectivity index (χ2n) is 3.21. The molecular weight excluding hydrogens is 184 g/mol. The van der Waals surface area contributed by atoms with Crippen molar-refractivity contribution in [1.82, 2.24) is 0 Å². The van der Waals surface area contributed by atoms with Gasteiger partial charge in [-0.1, -0.05) is 0 Å². The maximum Gasteiger partial charge on any atom is 0.169 e. The molecule has 1 heterocycles. The number of carbonyl (C=O) groups is 1. The van der Waals surface area contributed by atoms with Crippen molar-refractivity contribution in [1.29, 1.82) is 0 Å². The van der Waals surface area contributed by atoms with Crippen molar-refractivity contribution in [2.45, 2.75) is 32.8 Å². The molecule has 0 spiro atoms. The number of ketones is 1. The molecule has 0 amide bonds. The topological polar surface area (TPSA) is 37.3 Å². The summed E-state index contributed by atoms with van der Waals surface area (Å²) in [6.45, 7) is 3.35. The van der Waals surface area contributed by atoms with Crippen LogP contribution >= 0.6 is 11.3 Å². The highest BCUT2D eigenvalue weighted by molar-refractivity contribution is 7.14. The van der Waals surface area contributed by atoms with Crippen molar-refractivity contribution in [3.05, 3.63) is 21.9 Å². The molecule has 0 saturated heterocycles. The fraction of sp³-hybridized carbons (Fsp3) is 0.500. The third-order valence-electron chi connectivity index (χ3n) is 1.82. The Morgan fingerprint density at radius 3 is 2.77 bits per heavy atom. The van der Waals surface area contributed by atoms with Gasteiger partial charge in [-0.3, -0.25) is 4.79 Å². The molecule has 3 heteroatoms. The van der Waals surface area contributed by atoms with Gasteiger partial charge in [0.25, 0.3) is 0 Å². The molecule has 0 bridgehead atoms. The minimum absolute atomic E-state index is 0.119. The minimum atomic E-state index is -0.261. The van der Waals surface area contributed by atoms with Crippen molar-refractivity contribution < 1.29 is 9.90 Å². The number of aryl methyl sites for hydroxylation is 1. The zero-order valence-corrected chi connectivity index (χ0v) is 8.73. The fourth-order valence-corrected chi connectivity index (χ4v) is 1.97. The van der Waals surface area contributed by atoms with Gasteiger partial charge in [0.2, 0.25) is 0 Å². The van der Waals surface area contributed by atoms with Crippen LogP contribution in [0.5, 0.6) is 0 Å². The lowest BCUT2D eigenvalue weighted by Crippen LogP contribution is -2.00. The van der Waals surface area contributed by atoms with Crippen molar-refractivity contribution in [2.75, 3.05) is 0 Å². The molecular formula is C10H14O2S. The van der Waals surface area contributed by atoms with E-state index in [1.54, 1.807) is 13.8 Å². The molecule has 0 aliphatic heterocycles. The third-order valence-corrected chi connectivity index (χ3v) is 3.06. The lowest BCUT2D eigenvalue weighted by molar-refractivity contribution is 0.102. The Balaban J connectivity index is 2.54. The molecule has 1 aromatic rings.